The number of thiophene rings is 1. The molecule has 0 amide bonds. The minimum atomic E-state index is -2.92. The summed E-state index contributed by atoms with van der Waals surface area (Å²) in [6, 6.07) is 9.67. The number of hydrogen-bond donors (Lipinski definition) is 1. The molecule has 1 unspecified atom stereocenters. The lowest BCUT2D eigenvalue weighted by Gasteiger charge is -2.38. The number of benzene rings is 1. The summed E-state index contributed by atoms with van der Waals surface area (Å²) in [5.41, 5.74) is 4.26. The summed E-state index contributed by atoms with van der Waals surface area (Å²) in [7, 11) is 0. The first-order valence-corrected chi connectivity index (χ1v) is 14.5. The number of hydrogen-bond acceptors (Lipinski definition) is 7. The van der Waals surface area contributed by atoms with Gasteiger partial charge in [0, 0.05) is 64.3 Å². The molecule has 1 saturated heterocycles. The Kier molecular flexibility index (Phi) is 7.71. The highest BCUT2D eigenvalue weighted by Gasteiger charge is 2.30. The predicted octanol–water partition coefficient (Wildman–Crippen LogP) is 4.34. The average molecular weight is 588 g/mol. The number of aryl methyl sites for hydroxylation is 1. The van der Waals surface area contributed by atoms with E-state index in [4.69, 9.17) is 11.6 Å². The lowest BCUT2D eigenvalue weighted by molar-refractivity contribution is -0.130. The van der Waals surface area contributed by atoms with Gasteiger partial charge >= 0.3 is 12.3 Å². The monoisotopic (exact) mass is 587 g/mol. The number of nitrogens with zero attached hydrogens (tertiary/aromatic N) is 4. The van der Waals surface area contributed by atoms with Crippen molar-refractivity contribution >= 4 is 38.8 Å². The fraction of sp³-hybridized carbons (Fsp3) is 0.393. The molecule has 0 saturated carbocycles. The third-order valence-corrected chi connectivity index (χ3v) is 8.90. The Labute approximate surface area is 237 Å². The summed E-state index contributed by atoms with van der Waals surface area (Å²) in [5, 5.41) is 4.17. The Morgan fingerprint density at radius 1 is 1.20 bits per heavy atom. The summed E-state index contributed by atoms with van der Waals surface area (Å²) in [5.74, 6) is 0. The molecule has 1 N–H and O–H groups in total. The number of halogens is 3. The Morgan fingerprint density at radius 2 is 2.08 bits per heavy atom. The zero-order valence-corrected chi connectivity index (χ0v) is 23.2. The molecular weight excluding hydrogens is 560 g/mol. The summed E-state index contributed by atoms with van der Waals surface area (Å²) < 4.78 is 32.2. The van der Waals surface area contributed by atoms with Gasteiger partial charge in [-0.25, -0.2) is 4.79 Å². The second kappa shape index (κ2) is 11.4. The van der Waals surface area contributed by atoms with Gasteiger partial charge in [-0.05, 0) is 55.6 Å². The van der Waals surface area contributed by atoms with Crippen LogP contribution in [-0.4, -0.2) is 53.0 Å². The summed E-state index contributed by atoms with van der Waals surface area (Å²) in [6.45, 7) is -0.362. The van der Waals surface area contributed by atoms with E-state index in [2.05, 4.69) is 26.0 Å². The Morgan fingerprint density at radius 3 is 2.88 bits per heavy atom. The van der Waals surface area contributed by atoms with Crippen molar-refractivity contribution < 1.29 is 13.5 Å². The van der Waals surface area contributed by atoms with Gasteiger partial charge in [0.15, 0.2) is 0 Å². The maximum absolute atomic E-state index is 13.0. The number of anilines is 1. The molecule has 0 radical (unpaired) electrons. The van der Waals surface area contributed by atoms with Crippen LogP contribution in [0, 0.1) is 0 Å². The second-order valence-electron chi connectivity index (χ2n) is 10.0. The van der Waals surface area contributed by atoms with Crippen LogP contribution < -0.4 is 21.5 Å². The van der Waals surface area contributed by atoms with Gasteiger partial charge in [0.1, 0.15) is 0 Å². The fourth-order valence-electron chi connectivity index (χ4n) is 5.76. The SMILES string of the molecule is O=c1ccn(CCOC(F)F)c(=O)n1Cc1cc2nccc(-c3cc(Cl)cc4c3N(C3CCNC3)CCC4)c2s1. The van der Waals surface area contributed by atoms with E-state index in [0.717, 1.165) is 69.7 Å². The van der Waals surface area contributed by atoms with E-state index in [1.54, 1.807) is 6.20 Å². The molecule has 1 fully saturated rings. The molecule has 40 heavy (non-hydrogen) atoms. The number of alkyl halides is 2. The molecule has 8 nitrogen and oxygen atoms in total. The summed E-state index contributed by atoms with van der Waals surface area (Å²) in [6.07, 6.45) is 6.21. The van der Waals surface area contributed by atoms with Crippen LogP contribution in [0.25, 0.3) is 21.3 Å². The molecule has 0 aliphatic carbocycles. The number of pyridine rings is 1. The van der Waals surface area contributed by atoms with Crippen molar-refractivity contribution in [2.24, 2.45) is 0 Å². The van der Waals surface area contributed by atoms with Gasteiger partial charge in [0.2, 0.25) is 0 Å². The highest BCUT2D eigenvalue weighted by Crippen LogP contribution is 2.44. The van der Waals surface area contributed by atoms with Gasteiger partial charge in [-0.2, -0.15) is 8.78 Å². The highest BCUT2D eigenvalue weighted by molar-refractivity contribution is 7.19. The number of ether oxygens (including phenoxy) is 1. The van der Waals surface area contributed by atoms with Gasteiger partial charge in [-0.3, -0.25) is 18.9 Å². The first-order valence-electron chi connectivity index (χ1n) is 13.3. The molecule has 12 heteroatoms. The molecule has 2 aliphatic heterocycles. The van der Waals surface area contributed by atoms with Crippen molar-refractivity contribution in [3.05, 3.63) is 79.0 Å². The van der Waals surface area contributed by atoms with Crippen LogP contribution in [0.1, 0.15) is 23.3 Å². The van der Waals surface area contributed by atoms with E-state index in [9.17, 15) is 18.4 Å². The molecular formula is C28H28ClF2N5O3S. The fourth-order valence-corrected chi connectivity index (χ4v) is 7.13. The van der Waals surface area contributed by atoms with E-state index in [1.165, 1.54) is 39.4 Å². The van der Waals surface area contributed by atoms with Gasteiger partial charge < -0.3 is 15.0 Å². The smallest absolute Gasteiger partial charge is 0.345 e. The zero-order valence-electron chi connectivity index (χ0n) is 21.6. The van der Waals surface area contributed by atoms with E-state index in [0.29, 0.717) is 11.1 Å². The van der Waals surface area contributed by atoms with Crippen LogP contribution >= 0.6 is 22.9 Å². The Bertz CT molecular complexity index is 1660. The number of nitrogens with one attached hydrogen (secondary N) is 1. The van der Waals surface area contributed by atoms with Crippen molar-refractivity contribution in [3.63, 3.8) is 0 Å². The van der Waals surface area contributed by atoms with E-state index >= 15 is 0 Å². The molecule has 3 aromatic heterocycles. The standard InChI is InChI=1S/C28H28ClF2N5O3S/c29-18-12-17-2-1-8-35(19-3-6-32-15-19)25(17)22(13-18)21-4-7-33-23-14-20(40-26(21)23)16-36-24(37)5-9-34(28(36)38)10-11-39-27(30)31/h4-5,7,9,12-14,19,27,32H,1-3,6,8,10-11,15-16H2. The first-order chi connectivity index (χ1) is 19.4. The third kappa shape index (κ3) is 5.30. The zero-order chi connectivity index (χ0) is 27.8. The quantitative estimate of drug-likeness (QED) is 0.330. The molecule has 0 spiro atoms. The van der Waals surface area contributed by atoms with E-state index in [1.807, 2.05) is 18.2 Å². The van der Waals surface area contributed by atoms with Crippen molar-refractivity contribution in [2.45, 2.75) is 45.0 Å². The van der Waals surface area contributed by atoms with Crippen molar-refractivity contribution in [1.82, 2.24) is 19.4 Å². The predicted molar refractivity (Wildman–Crippen MR) is 153 cm³/mol. The lowest BCUT2D eigenvalue weighted by Crippen LogP contribution is -2.40. The third-order valence-electron chi connectivity index (χ3n) is 7.54. The van der Waals surface area contributed by atoms with E-state index < -0.39 is 17.9 Å². The molecule has 5 heterocycles. The van der Waals surface area contributed by atoms with Crippen LogP contribution in [0.2, 0.25) is 5.02 Å². The largest absolute Gasteiger partial charge is 0.366 e. The normalized spacial score (nSPS) is 17.2. The van der Waals surface area contributed by atoms with Crippen LogP contribution in [-0.2, 0) is 24.2 Å². The lowest BCUT2D eigenvalue weighted by atomic mass is 9.92. The van der Waals surface area contributed by atoms with Gasteiger partial charge in [0.25, 0.3) is 5.56 Å². The van der Waals surface area contributed by atoms with Crippen LogP contribution in [0.4, 0.5) is 14.5 Å². The van der Waals surface area contributed by atoms with Gasteiger partial charge in [-0.15, -0.1) is 11.3 Å². The topological polar surface area (TPSA) is 81.4 Å². The molecule has 6 rings (SSSR count). The number of rotatable bonds is 8. The second-order valence-corrected chi connectivity index (χ2v) is 11.6. The van der Waals surface area contributed by atoms with Crippen molar-refractivity contribution in [1.29, 1.82) is 0 Å². The minimum Gasteiger partial charge on any atom is -0.366 e. The summed E-state index contributed by atoms with van der Waals surface area (Å²) in [4.78, 5) is 33.5. The Hall–Kier alpha value is -3.12. The van der Waals surface area contributed by atoms with Crippen LogP contribution in [0.3, 0.4) is 0 Å². The molecule has 0 bridgehead atoms. The molecule has 1 atom stereocenters. The molecule has 210 valence electrons. The van der Waals surface area contributed by atoms with Crippen LogP contribution in [0.5, 0.6) is 0 Å². The highest BCUT2D eigenvalue weighted by atomic mass is 35.5. The molecule has 2 aliphatic rings. The molecule has 4 aromatic rings. The van der Waals surface area contributed by atoms with Crippen molar-refractivity contribution in [3.8, 4) is 11.1 Å². The maximum Gasteiger partial charge on any atom is 0.345 e. The number of fused-ring (bicyclic) bond motifs is 2. The maximum atomic E-state index is 13.0. The number of aromatic nitrogens is 3. The average Bonchev–Trinajstić information content (AvgIpc) is 3.61. The van der Waals surface area contributed by atoms with Crippen molar-refractivity contribution in [2.75, 3.05) is 31.1 Å². The summed E-state index contributed by atoms with van der Waals surface area (Å²) >= 11 is 8.12. The van der Waals surface area contributed by atoms with Gasteiger partial charge in [-0.1, -0.05) is 11.6 Å². The van der Waals surface area contributed by atoms with Crippen LogP contribution in [0.15, 0.2) is 52.3 Å². The molecule has 1 aromatic carbocycles. The first kappa shape index (κ1) is 27.1. The minimum absolute atomic E-state index is 0.0438. The van der Waals surface area contributed by atoms with Gasteiger partial charge in [0.05, 0.1) is 29.9 Å². The van der Waals surface area contributed by atoms with E-state index in [-0.39, 0.29) is 19.7 Å². The Balaban J connectivity index is 1.38.